The van der Waals surface area contributed by atoms with E-state index in [1.54, 1.807) is 24.3 Å². The molecule has 9 nitrogen and oxygen atoms in total. The number of amides is 3. The lowest BCUT2D eigenvalue weighted by Gasteiger charge is -2.47. The van der Waals surface area contributed by atoms with Crippen molar-refractivity contribution in [2.24, 2.45) is 0 Å². The summed E-state index contributed by atoms with van der Waals surface area (Å²) >= 11 is 0. The summed E-state index contributed by atoms with van der Waals surface area (Å²) in [7, 11) is 0. The third-order valence-corrected chi connectivity index (χ3v) is 5.74. The van der Waals surface area contributed by atoms with Crippen LogP contribution in [0.3, 0.4) is 0 Å². The van der Waals surface area contributed by atoms with E-state index in [0.717, 1.165) is 5.56 Å². The molecule has 2 aliphatic rings. The van der Waals surface area contributed by atoms with E-state index in [2.05, 4.69) is 0 Å². The highest BCUT2D eigenvalue weighted by molar-refractivity contribution is 6.05. The van der Waals surface area contributed by atoms with Crippen molar-refractivity contribution in [1.29, 1.82) is 0 Å². The third-order valence-electron chi connectivity index (χ3n) is 5.74. The van der Waals surface area contributed by atoms with Crippen molar-refractivity contribution < 1.29 is 29.0 Å². The molecular weight excluding hydrogens is 414 g/mol. The fraction of sp³-hybridized carbons (Fsp3) is 0.304. The van der Waals surface area contributed by atoms with E-state index in [1.165, 1.54) is 40.7 Å². The molecule has 2 aromatic rings. The molecule has 2 fully saturated rings. The summed E-state index contributed by atoms with van der Waals surface area (Å²) in [6, 6.07) is 13.7. The smallest absolute Gasteiger partial charge is 0.350 e. The zero-order chi connectivity index (χ0) is 23.0. The van der Waals surface area contributed by atoms with Crippen LogP contribution in [0.1, 0.15) is 19.4 Å². The molecule has 0 spiro atoms. The molecule has 2 unspecified atom stereocenters. The number of ether oxygens (including phenoxy) is 1. The molecule has 0 bridgehead atoms. The number of benzene rings is 2. The maximum Gasteiger partial charge on any atom is 0.350 e. The molecule has 3 atom stereocenters. The van der Waals surface area contributed by atoms with Gasteiger partial charge < -0.3 is 19.6 Å². The van der Waals surface area contributed by atoms with Crippen LogP contribution < -0.4 is 4.90 Å². The summed E-state index contributed by atoms with van der Waals surface area (Å²) in [4.78, 5) is 54.5. The first-order valence-electron chi connectivity index (χ1n) is 10.2. The maximum atomic E-state index is 13.1. The minimum Gasteiger partial charge on any atom is -0.508 e. The number of hydrogen-bond donors (Lipinski definition) is 1. The highest BCUT2D eigenvalue weighted by Crippen LogP contribution is 2.38. The fourth-order valence-electron chi connectivity index (χ4n) is 4.30. The van der Waals surface area contributed by atoms with E-state index >= 15 is 0 Å². The molecule has 9 heteroatoms. The Morgan fingerprint density at radius 1 is 1.09 bits per heavy atom. The van der Waals surface area contributed by atoms with Gasteiger partial charge in [0.15, 0.2) is 0 Å². The van der Waals surface area contributed by atoms with Gasteiger partial charge in [0.2, 0.25) is 23.9 Å². The zero-order valence-electron chi connectivity index (χ0n) is 17.7. The number of anilines is 1. The van der Waals surface area contributed by atoms with Crippen molar-refractivity contribution >= 4 is 29.4 Å². The van der Waals surface area contributed by atoms with Gasteiger partial charge in [-0.1, -0.05) is 36.4 Å². The molecule has 32 heavy (non-hydrogen) atoms. The highest BCUT2D eigenvalue weighted by atomic mass is 16.5. The van der Waals surface area contributed by atoms with Crippen LogP contribution in [0.25, 0.3) is 0 Å². The Morgan fingerprint density at radius 3 is 2.44 bits per heavy atom. The largest absolute Gasteiger partial charge is 0.508 e. The summed E-state index contributed by atoms with van der Waals surface area (Å²) in [5, 5.41) is 9.80. The van der Waals surface area contributed by atoms with E-state index in [1.807, 2.05) is 18.2 Å². The second kappa shape index (κ2) is 8.33. The lowest BCUT2D eigenvalue weighted by molar-refractivity contribution is -0.169. The number of phenols is 1. The van der Waals surface area contributed by atoms with Crippen LogP contribution in [0.5, 0.6) is 5.75 Å². The summed E-state index contributed by atoms with van der Waals surface area (Å²) in [5.41, 5.74) is 1.14. The Kier molecular flexibility index (Phi) is 5.56. The molecule has 0 radical (unpaired) electrons. The monoisotopic (exact) mass is 437 g/mol. The lowest BCUT2D eigenvalue weighted by atomic mass is 9.94. The number of β-lactam (4-membered cyclic amide) rings is 1. The van der Waals surface area contributed by atoms with Crippen molar-refractivity contribution in [2.75, 3.05) is 11.4 Å². The van der Waals surface area contributed by atoms with E-state index < -0.39 is 36.0 Å². The minimum atomic E-state index is -1.18. The number of carbonyl (C=O) groups excluding carboxylic acids is 4. The number of carbonyl (C=O) groups is 4. The van der Waals surface area contributed by atoms with Crippen LogP contribution in [0.4, 0.5) is 5.69 Å². The fourth-order valence-corrected chi connectivity index (χ4v) is 4.30. The van der Waals surface area contributed by atoms with Gasteiger partial charge in [-0.05, 0) is 17.7 Å². The number of fused-ring (bicyclic) bond motifs is 1. The van der Waals surface area contributed by atoms with E-state index in [4.69, 9.17) is 4.74 Å². The topological polar surface area (TPSA) is 107 Å². The number of hydrogen-bond acceptors (Lipinski definition) is 6. The average Bonchev–Trinajstić information content (AvgIpc) is 3.12. The Morgan fingerprint density at radius 2 is 1.81 bits per heavy atom. The van der Waals surface area contributed by atoms with Crippen LogP contribution in [0, 0.1) is 0 Å². The summed E-state index contributed by atoms with van der Waals surface area (Å²) in [6.07, 6.45) is -1.18. The summed E-state index contributed by atoms with van der Waals surface area (Å²) in [6.45, 7) is 2.75. The van der Waals surface area contributed by atoms with Crippen molar-refractivity contribution in [1.82, 2.24) is 9.80 Å². The molecule has 2 saturated heterocycles. The standard InChI is InChI=1S/C23H23N3O6/c1-14(27)24-12-19-20(25(15(2)28)17-9-6-10-18(29)11-17)22(30)26(19)21(24)23(31)32-13-16-7-4-3-5-8-16/h3-11,19-21,29H,12-13H2,1-2H3/t19?,20-,21?/m1/s1. The second-order valence-corrected chi connectivity index (χ2v) is 7.80. The van der Waals surface area contributed by atoms with Crippen LogP contribution >= 0.6 is 0 Å². The van der Waals surface area contributed by atoms with E-state index in [9.17, 15) is 24.3 Å². The molecule has 3 amide bonds. The van der Waals surface area contributed by atoms with Crippen LogP contribution in [-0.4, -0.2) is 63.4 Å². The number of esters is 1. The van der Waals surface area contributed by atoms with E-state index in [0.29, 0.717) is 5.69 Å². The van der Waals surface area contributed by atoms with Crippen LogP contribution in [0.2, 0.25) is 0 Å². The molecule has 166 valence electrons. The molecule has 2 heterocycles. The normalized spacial score (nSPS) is 21.6. The first-order chi connectivity index (χ1) is 15.3. The van der Waals surface area contributed by atoms with Crippen molar-refractivity contribution in [2.45, 2.75) is 38.7 Å². The molecule has 4 rings (SSSR count). The van der Waals surface area contributed by atoms with Gasteiger partial charge in [-0.15, -0.1) is 0 Å². The highest BCUT2D eigenvalue weighted by Gasteiger charge is 2.62. The summed E-state index contributed by atoms with van der Waals surface area (Å²) in [5.74, 6) is -1.97. The van der Waals surface area contributed by atoms with Crippen molar-refractivity contribution in [3.63, 3.8) is 0 Å². The van der Waals surface area contributed by atoms with Crippen molar-refractivity contribution in [3.8, 4) is 5.75 Å². The molecule has 0 saturated carbocycles. The molecule has 0 aliphatic carbocycles. The third kappa shape index (κ3) is 3.66. The Hall–Kier alpha value is -3.88. The summed E-state index contributed by atoms with van der Waals surface area (Å²) < 4.78 is 5.40. The molecule has 2 aliphatic heterocycles. The lowest BCUT2D eigenvalue weighted by Crippen LogP contribution is -2.72. The van der Waals surface area contributed by atoms with Crippen LogP contribution in [-0.2, 0) is 30.5 Å². The number of rotatable bonds is 5. The molecular formula is C23H23N3O6. The second-order valence-electron chi connectivity index (χ2n) is 7.80. The van der Waals surface area contributed by atoms with Gasteiger partial charge in [-0.25, -0.2) is 4.79 Å². The van der Waals surface area contributed by atoms with Gasteiger partial charge in [0.25, 0.3) is 0 Å². The van der Waals surface area contributed by atoms with Crippen molar-refractivity contribution in [3.05, 3.63) is 60.2 Å². The molecule has 2 aromatic carbocycles. The molecule has 0 aromatic heterocycles. The number of nitrogens with zero attached hydrogens (tertiary/aromatic N) is 3. The van der Waals surface area contributed by atoms with Gasteiger partial charge in [-0.3, -0.25) is 19.3 Å². The quantitative estimate of drug-likeness (QED) is 0.557. The predicted molar refractivity (Wildman–Crippen MR) is 113 cm³/mol. The van der Waals surface area contributed by atoms with Gasteiger partial charge in [0.05, 0.1) is 6.04 Å². The molecule has 1 N–H and O–H groups in total. The number of phenolic OH excluding ortho intramolecular Hbond substituents is 1. The first kappa shape index (κ1) is 21.4. The van der Waals surface area contributed by atoms with Gasteiger partial charge in [-0.2, -0.15) is 0 Å². The van der Waals surface area contributed by atoms with Gasteiger partial charge in [0.1, 0.15) is 18.4 Å². The average molecular weight is 437 g/mol. The predicted octanol–water partition coefficient (Wildman–Crippen LogP) is 1.26. The maximum absolute atomic E-state index is 13.1. The van der Waals surface area contributed by atoms with Gasteiger partial charge in [0, 0.05) is 32.1 Å². The van der Waals surface area contributed by atoms with E-state index in [-0.39, 0.29) is 24.8 Å². The Labute approximate surface area is 184 Å². The van der Waals surface area contributed by atoms with Crippen LogP contribution in [0.15, 0.2) is 54.6 Å². The SMILES string of the molecule is CC(=O)N1CC2[C@@H](N(C(C)=O)c3cccc(O)c3)C(=O)N2C1C(=O)OCc1ccccc1. The number of aromatic hydroxyl groups is 1. The Balaban J connectivity index is 1.57. The first-order valence-corrected chi connectivity index (χ1v) is 10.2. The Bertz CT molecular complexity index is 1070. The minimum absolute atomic E-state index is 0.0148. The van der Waals surface area contributed by atoms with Gasteiger partial charge >= 0.3 is 5.97 Å². The zero-order valence-corrected chi connectivity index (χ0v) is 17.7.